The molecule has 13 heteroatoms. The monoisotopic (exact) mass is 531 g/mol. The molecular formula is C24H20F3N5O4S. The number of hydrogen-bond acceptors (Lipinski definition) is 7. The minimum Gasteiger partial charge on any atom is -0.494 e. The summed E-state index contributed by atoms with van der Waals surface area (Å²) in [5, 5.41) is 3.40. The van der Waals surface area contributed by atoms with E-state index in [1.165, 1.54) is 19.6 Å². The average Bonchev–Trinajstić information content (AvgIpc) is 3.60. The lowest BCUT2D eigenvalue weighted by atomic mass is 10.0. The van der Waals surface area contributed by atoms with Crippen LogP contribution < -0.4 is 14.8 Å². The van der Waals surface area contributed by atoms with E-state index in [1.54, 1.807) is 0 Å². The largest absolute Gasteiger partial charge is 0.494 e. The number of hydrogen-bond donors (Lipinski definition) is 3. The van der Waals surface area contributed by atoms with E-state index in [0.717, 1.165) is 37.1 Å². The van der Waals surface area contributed by atoms with Gasteiger partial charge in [-0.15, -0.1) is 0 Å². The minimum atomic E-state index is -4.50. The van der Waals surface area contributed by atoms with Gasteiger partial charge in [0.1, 0.15) is 23.6 Å². The van der Waals surface area contributed by atoms with Gasteiger partial charge in [-0.2, -0.15) is 0 Å². The van der Waals surface area contributed by atoms with E-state index >= 15 is 4.39 Å². The highest BCUT2D eigenvalue weighted by Gasteiger charge is 2.28. The predicted octanol–water partition coefficient (Wildman–Crippen LogP) is 4.24. The van der Waals surface area contributed by atoms with Crippen molar-refractivity contribution in [3.63, 3.8) is 0 Å². The van der Waals surface area contributed by atoms with Crippen LogP contribution in [0, 0.1) is 23.4 Å². The molecule has 1 aliphatic carbocycles. The van der Waals surface area contributed by atoms with E-state index in [4.69, 9.17) is 4.74 Å². The molecule has 0 bridgehead atoms. The summed E-state index contributed by atoms with van der Waals surface area (Å²) in [5.41, 5.74) is -1.47. The lowest BCUT2D eigenvalue weighted by molar-refractivity contribution is 0.103. The highest BCUT2D eigenvalue weighted by molar-refractivity contribution is 7.92. The van der Waals surface area contributed by atoms with Gasteiger partial charge in [0.25, 0.3) is 10.0 Å². The maximum atomic E-state index is 15.4. The van der Waals surface area contributed by atoms with Gasteiger partial charge >= 0.3 is 0 Å². The summed E-state index contributed by atoms with van der Waals surface area (Å²) in [5.74, 6) is -3.98. The van der Waals surface area contributed by atoms with Crippen LogP contribution in [0.5, 0.6) is 5.75 Å². The van der Waals surface area contributed by atoms with Crippen molar-refractivity contribution in [1.82, 2.24) is 15.0 Å². The van der Waals surface area contributed by atoms with Gasteiger partial charge in [0, 0.05) is 12.7 Å². The van der Waals surface area contributed by atoms with Crippen molar-refractivity contribution < 1.29 is 31.1 Å². The number of fused-ring (bicyclic) bond motifs is 1. The number of nitrogens with one attached hydrogen (secondary N) is 3. The summed E-state index contributed by atoms with van der Waals surface area (Å²) in [4.78, 5) is 23.8. The standard InChI is InChI=1S/C24H20F3N5O4S/c1-36-18-7-4-13(8-16(18)26)37(34,35)32-17-6-5-15(25)20(21(17)27)22(33)14-10-29-24-19(14)23(30-11-31-24)28-9-12-2-3-12/h4-8,10-12,32H,2-3,9H2,1H3,(H2,28,29,30,31). The van der Waals surface area contributed by atoms with Crippen LogP contribution in [0.1, 0.15) is 28.8 Å². The minimum absolute atomic E-state index is 0.0936. The summed E-state index contributed by atoms with van der Waals surface area (Å²) in [6.07, 6.45) is 4.70. The van der Waals surface area contributed by atoms with Crippen molar-refractivity contribution in [1.29, 1.82) is 0 Å². The molecule has 1 aliphatic rings. The second-order valence-corrected chi connectivity index (χ2v) is 10.2. The third-order valence-electron chi connectivity index (χ3n) is 5.97. The number of carbonyl (C=O) groups is 1. The molecule has 0 amide bonds. The van der Waals surface area contributed by atoms with Crippen LogP contribution in [-0.2, 0) is 10.0 Å². The van der Waals surface area contributed by atoms with Crippen LogP contribution in [0.2, 0.25) is 0 Å². The molecule has 2 aromatic heterocycles. The van der Waals surface area contributed by atoms with Crippen LogP contribution in [0.15, 0.2) is 47.8 Å². The Hall–Kier alpha value is -4.13. The van der Waals surface area contributed by atoms with E-state index in [1.807, 2.05) is 4.72 Å². The fraction of sp³-hybridized carbons (Fsp3) is 0.208. The molecule has 0 saturated heterocycles. The van der Waals surface area contributed by atoms with Gasteiger partial charge in [-0.25, -0.2) is 31.6 Å². The first-order valence-electron chi connectivity index (χ1n) is 11.1. The van der Waals surface area contributed by atoms with E-state index < -0.39 is 49.4 Å². The van der Waals surface area contributed by atoms with Gasteiger partial charge < -0.3 is 15.0 Å². The lowest BCUT2D eigenvalue weighted by Gasteiger charge is -2.13. The summed E-state index contributed by atoms with van der Waals surface area (Å²) in [6.45, 7) is 0.622. The van der Waals surface area contributed by atoms with Crippen LogP contribution >= 0.6 is 0 Å². The number of ether oxygens (including phenoxy) is 1. The molecule has 192 valence electrons. The number of carbonyl (C=O) groups excluding carboxylic acids is 1. The van der Waals surface area contributed by atoms with Gasteiger partial charge in [0.05, 0.1) is 34.2 Å². The Labute approximate surface area is 209 Å². The molecule has 2 aromatic carbocycles. The number of nitrogens with zero attached hydrogens (tertiary/aromatic N) is 2. The Morgan fingerprint density at radius 3 is 2.62 bits per heavy atom. The summed E-state index contributed by atoms with van der Waals surface area (Å²) >= 11 is 0. The van der Waals surface area contributed by atoms with Crippen LogP contribution in [0.25, 0.3) is 11.0 Å². The smallest absolute Gasteiger partial charge is 0.262 e. The second kappa shape index (κ2) is 9.39. The molecule has 0 atom stereocenters. The number of aromatic amines is 1. The third kappa shape index (κ3) is 4.69. The molecule has 0 spiro atoms. The summed E-state index contributed by atoms with van der Waals surface area (Å²) in [7, 11) is -3.29. The molecule has 4 aromatic rings. The molecule has 1 fully saturated rings. The second-order valence-electron chi connectivity index (χ2n) is 8.49. The maximum Gasteiger partial charge on any atom is 0.262 e. The number of sulfonamides is 1. The molecule has 0 unspecified atom stereocenters. The highest BCUT2D eigenvalue weighted by Crippen LogP contribution is 2.33. The average molecular weight is 532 g/mol. The van der Waals surface area contributed by atoms with Crippen molar-refractivity contribution in [3.8, 4) is 5.75 Å². The number of halogens is 3. The van der Waals surface area contributed by atoms with Gasteiger partial charge in [-0.1, -0.05) is 0 Å². The van der Waals surface area contributed by atoms with E-state index in [0.29, 0.717) is 24.3 Å². The number of rotatable bonds is 9. The van der Waals surface area contributed by atoms with Gasteiger partial charge in [0.15, 0.2) is 17.4 Å². The molecular weight excluding hydrogens is 511 g/mol. The molecule has 0 radical (unpaired) electrons. The van der Waals surface area contributed by atoms with Crippen LogP contribution in [-0.4, -0.2) is 42.8 Å². The van der Waals surface area contributed by atoms with Crippen molar-refractivity contribution >= 4 is 38.3 Å². The van der Waals surface area contributed by atoms with Crippen molar-refractivity contribution in [2.75, 3.05) is 23.7 Å². The lowest BCUT2D eigenvalue weighted by Crippen LogP contribution is -2.17. The van der Waals surface area contributed by atoms with Crippen LogP contribution in [0.4, 0.5) is 24.7 Å². The third-order valence-corrected chi connectivity index (χ3v) is 7.33. The highest BCUT2D eigenvalue weighted by atomic mass is 32.2. The van der Waals surface area contributed by atoms with Gasteiger partial charge in [-0.05, 0) is 49.1 Å². The van der Waals surface area contributed by atoms with Gasteiger partial charge in [-0.3, -0.25) is 9.52 Å². The predicted molar refractivity (Wildman–Crippen MR) is 129 cm³/mol. The summed E-state index contributed by atoms with van der Waals surface area (Å²) in [6, 6.07) is 4.44. The first-order chi connectivity index (χ1) is 17.7. The summed E-state index contributed by atoms with van der Waals surface area (Å²) < 4.78 is 76.5. The SMILES string of the molecule is COc1ccc(S(=O)(=O)Nc2ccc(F)c(C(=O)c3c[nH]c4ncnc(NCC5CC5)c34)c2F)cc1F. The Morgan fingerprint density at radius 2 is 1.92 bits per heavy atom. The zero-order chi connectivity index (χ0) is 26.3. The normalized spacial score (nSPS) is 13.5. The number of H-pyrrole nitrogens is 1. The Morgan fingerprint density at radius 1 is 1.14 bits per heavy atom. The maximum absolute atomic E-state index is 15.4. The quantitative estimate of drug-likeness (QED) is 0.276. The van der Waals surface area contributed by atoms with Crippen LogP contribution in [0.3, 0.4) is 0 Å². The molecule has 5 rings (SSSR count). The molecule has 3 N–H and O–H groups in total. The van der Waals surface area contributed by atoms with Crippen molar-refractivity contribution in [2.45, 2.75) is 17.7 Å². The Balaban J connectivity index is 1.51. The van der Waals surface area contributed by atoms with Crippen molar-refractivity contribution in [3.05, 3.63) is 71.4 Å². The Bertz CT molecular complexity index is 1640. The molecule has 1 saturated carbocycles. The number of benzene rings is 2. The number of ketones is 1. The fourth-order valence-corrected chi connectivity index (χ4v) is 4.90. The van der Waals surface area contributed by atoms with Crippen molar-refractivity contribution in [2.24, 2.45) is 5.92 Å². The number of aromatic nitrogens is 3. The fourth-order valence-electron chi connectivity index (χ4n) is 3.83. The number of anilines is 2. The number of methoxy groups -OCH3 is 1. The zero-order valence-electron chi connectivity index (χ0n) is 19.3. The first kappa shape index (κ1) is 24.6. The first-order valence-corrected chi connectivity index (χ1v) is 12.6. The zero-order valence-corrected chi connectivity index (χ0v) is 20.1. The van der Waals surface area contributed by atoms with E-state index in [9.17, 15) is 22.0 Å². The van der Waals surface area contributed by atoms with E-state index in [-0.39, 0.29) is 22.3 Å². The topological polar surface area (TPSA) is 126 Å². The molecule has 9 nitrogen and oxygen atoms in total. The molecule has 37 heavy (non-hydrogen) atoms. The molecule has 0 aliphatic heterocycles. The van der Waals surface area contributed by atoms with Gasteiger partial charge in [0.2, 0.25) is 5.78 Å². The Kier molecular flexibility index (Phi) is 6.23. The van der Waals surface area contributed by atoms with E-state index in [2.05, 4.69) is 20.3 Å². The molecule has 2 heterocycles.